The molecule has 0 radical (unpaired) electrons. The number of likely N-dealkylation sites (tertiary alicyclic amines) is 1. The van der Waals surface area contributed by atoms with E-state index in [0.29, 0.717) is 16.5 Å². The smallest absolute Gasteiger partial charge is 0.253 e. The topological polar surface area (TPSA) is 46.3 Å². The fourth-order valence-electron chi connectivity index (χ4n) is 2.18. The van der Waals surface area contributed by atoms with Crippen molar-refractivity contribution in [3.63, 3.8) is 0 Å². The second-order valence-electron chi connectivity index (χ2n) is 4.60. The molecule has 0 spiro atoms. The van der Waals surface area contributed by atoms with Crippen LogP contribution in [0.2, 0.25) is 5.02 Å². The molecular formula is C13H16ClIN2O. The second kappa shape index (κ2) is 6.21. The summed E-state index contributed by atoms with van der Waals surface area (Å²) in [5, 5.41) is 0.637. The number of hydrogen-bond acceptors (Lipinski definition) is 2. The molecular weight excluding hydrogens is 363 g/mol. The Morgan fingerprint density at radius 2 is 2.11 bits per heavy atom. The monoisotopic (exact) mass is 378 g/mol. The maximum Gasteiger partial charge on any atom is 0.253 e. The van der Waals surface area contributed by atoms with E-state index in [1.807, 2.05) is 17.0 Å². The van der Waals surface area contributed by atoms with E-state index in [2.05, 4.69) is 22.6 Å². The number of carbonyl (C=O) groups excluding carboxylic acids is 1. The lowest BCUT2D eigenvalue weighted by Gasteiger charge is -2.31. The van der Waals surface area contributed by atoms with Gasteiger partial charge in [-0.15, -0.1) is 0 Å². The predicted octanol–water partition coefficient (Wildman–Crippen LogP) is 2.76. The van der Waals surface area contributed by atoms with E-state index in [4.69, 9.17) is 17.3 Å². The molecule has 1 aromatic carbocycles. The molecule has 0 bridgehead atoms. The number of amides is 1. The van der Waals surface area contributed by atoms with Gasteiger partial charge in [0.2, 0.25) is 0 Å². The lowest BCUT2D eigenvalue weighted by atomic mass is 9.96. The van der Waals surface area contributed by atoms with Crippen LogP contribution in [0.5, 0.6) is 0 Å². The second-order valence-corrected chi connectivity index (χ2v) is 6.17. The maximum absolute atomic E-state index is 12.3. The van der Waals surface area contributed by atoms with Gasteiger partial charge in [-0.1, -0.05) is 11.6 Å². The van der Waals surface area contributed by atoms with E-state index >= 15 is 0 Å². The van der Waals surface area contributed by atoms with Crippen LogP contribution in [0.15, 0.2) is 18.2 Å². The highest BCUT2D eigenvalue weighted by molar-refractivity contribution is 14.1. The zero-order chi connectivity index (χ0) is 13.1. The summed E-state index contributed by atoms with van der Waals surface area (Å²) in [4.78, 5) is 14.2. The number of halogens is 2. The van der Waals surface area contributed by atoms with Gasteiger partial charge in [0.1, 0.15) is 0 Å². The molecule has 2 N–H and O–H groups in total. The SMILES string of the molecule is NCC1CCN(C(=O)c2ccc(I)c(Cl)c2)CC1. The van der Waals surface area contributed by atoms with Gasteiger partial charge < -0.3 is 10.6 Å². The van der Waals surface area contributed by atoms with E-state index in [0.717, 1.165) is 36.0 Å². The molecule has 0 aromatic heterocycles. The summed E-state index contributed by atoms with van der Waals surface area (Å²) >= 11 is 8.20. The third kappa shape index (κ3) is 3.16. The molecule has 2 rings (SSSR count). The Hall–Kier alpha value is -0.330. The molecule has 1 aliphatic heterocycles. The molecule has 0 saturated carbocycles. The molecule has 98 valence electrons. The average Bonchev–Trinajstić information content (AvgIpc) is 2.41. The van der Waals surface area contributed by atoms with Gasteiger partial charge in [0, 0.05) is 22.2 Å². The van der Waals surface area contributed by atoms with Crippen LogP contribution in [-0.4, -0.2) is 30.4 Å². The van der Waals surface area contributed by atoms with Crippen molar-refractivity contribution in [2.24, 2.45) is 11.7 Å². The Bertz CT molecular complexity index is 445. The van der Waals surface area contributed by atoms with E-state index in [1.165, 1.54) is 0 Å². The van der Waals surface area contributed by atoms with Gasteiger partial charge in [-0.25, -0.2) is 0 Å². The predicted molar refractivity (Wildman–Crippen MR) is 81.9 cm³/mol. The highest BCUT2D eigenvalue weighted by Crippen LogP contribution is 2.22. The van der Waals surface area contributed by atoms with Crippen LogP contribution in [-0.2, 0) is 0 Å². The lowest BCUT2D eigenvalue weighted by Crippen LogP contribution is -2.40. The number of hydrogen-bond donors (Lipinski definition) is 1. The standard InChI is InChI=1S/C13H16ClIN2O/c14-11-7-10(1-2-12(11)15)13(18)17-5-3-9(8-16)4-6-17/h1-2,7,9H,3-6,8,16H2. The highest BCUT2D eigenvalue weighted by atomic mass is 127. The third-order valence-corrected chi connectivity index (χ3v) is 4.97. The van der Waals surface area contributed by atoms with Gasteiger partial charge in [-0.2, -0.15) is 0 Å². The van der Waals surface area contributed by atoms with Gasteiger partial charge in [0.05, 0.1) is 5.02 Å². The van der Waals surface area contributed by atoms with Crippen LogP contribution in [0.4, 0.5) is 0 Å². The number of nitrogens with two attached hydrogens (primary N) is 1. The Morgan fingerprint density at radius 1 is 1.44 bits per heavy atom. The molecule has 1 fully saturated rings. The first-order valence-corrected chi connectivity index (χ1v) is 7.52. The normalized spacial score (nSPS) is 16.9. The van der Waals surface area contributed by atoms with Crippen molar-refractivity contribution in [3.05, 3.63) is 32.4 Å². The van der Waals surface area contributed by atoms with Crippen molar-refractivity contribution in [2.75, 3.05) is 19.6 Å². The summed E-state index contributed by atoms with van der Waals surface area (Å²) in [6.45, 7) is 2.31. The van der Waals surface area contributed by atoms with Crippen LogP contribution in [0, 0.1) is 9.49 Å². The summed E-state index contributed by atoms with van der Waals surface area (Å²) in [7, 11) is 0. The molecule has 1 aromatic rings. The number of nitrogens with zero attached hydrogens (tertiary/aromatic N) is 1. The van der Waals surface area contributed by atoms with Crippen molar-refractivity contribution >= 4 is 40.1 Å². The molecule has 1 saturated heterocycles. The van der Waals surface area contributed by atoms with Crippen LogP contribution in [0.3, 0.4) is 0 Å². The van der Waals surface area contributed by atoms with E-state index in [-0.39, 0.29) is 5.91 Å². The minimum absolute atomic E-state index is 0.0729. The number of rotatable bonds is 2. The largest absolute Gasteiger partial charge is 0.339 e. The molecule has 1 heterocycles. The van der Waals surface area contributed by atoms with Gasteiger partial charge in [-0.3, -0.25) is 4.79 Å². The van der Waals surface area contributed by atoms with Crippen molar-refractivity contribution < 1.29 is 4.79 Å². The average molecular weight is 379 g/mol. The zero-order valence-corrected chi connectivity index (χ0v) is 12.9. The number of piperidine rings is 1. The molecule has 0 unspecified atom stereocenters. The summed E-state index contributed by atoms with van der Waals surface area (Å²) in [5.74, 6) is 0.637. The third-order valence-electron chi connectivity index (χ3n) is 3.40. The number of benzene rings is 1. The van der Waals surface area contributed by atoms with E-state index in [1.54, 1.807) is 6.07 Å². The van der Waals surface area contributed by atoms with Crippen molar-refractivity contribution in [1.29, 1.82) is 0 Å². The van der Waals surface area contributed by atoms with Crippen molar-refractivity contribution in [2.45, 2.75) is 12.8 Å². The molecule has 0 atom stereocenters. The molecule has 5 heteroatoms. The van der Waals surface area contributed by atoms with Gasteiger partial charge in [0.15, 0.2) is 0 Å². The summed E-state index contributed by atoms with van der Waals surface area (Å²) in [6, 6.07) is 5.47. The van der Waals surface area contributed by atoms with Crippen LogP contribution in [0.1, 0.15) is 23.2 Å². The van der Waals surface area contributed by atoms with Crippen molar-refractivity contribution in [3.8, 4) is 0 Å². The first-order chi connectivity index (χ1) is 8.61. The maximum atomic E-state index is 12.3. The highest BCUT2D eigenvalue weighted by Gasteiger charge is 2.23. The molecule has 0 aliphatic carbocycles. The Kier molecular flexibility index (Phi) is 4.86. The summed E-state index contributed by atoms with van der Waals surface area (Å²) < 4.78 is 0.965. The van der Waals surface area contributed by atoms with Gasteiger partial charge >= 0.3 is 0 Å². The van der Waals surface area contributed by atoms with Crippen LogP contribution in [0.25, 0.3) is 0 Å². The first kappa shape index (κ1) is 14.1. The summed E-state index contributed by atoms with van der Waals surface area (Å²) in [6.07, 6.45) is 2.00. The Balaban J connectivity index is 2.05. The molecule has 1 aliphatic rings. The lowest BCUT2D eigenvalue weighted by molar-refractivity contribution is 0.0693. The van der Waals surface area contributed by atoms with Gasteiger partial charge in [-0.05, 0) is 66.1 Å². The molecule has 1 amide bonds. The van der Waals surface area contributed by atoms with Crippen LogP contribution >= 0.6 is 34.2 Å². The zero-order valence-electron chi connectivity index (χ0n) is 10.0. The van der Waals surface area contributed by atoms with E-state index in [9.17, 15) is 4.79 Å². The minimum atomic E-state index is 0.0729. The van der Waals surface area contributed by atoms with Crippen molar-refractivity contribution in [1.82, 2.24) is 4.90 Å². The quantitative estimate of drug-likeness (QED) is 0.805. The fourth-order valence-corrected chi connectivity index (χ4v) is 2.70. The number of carbonyl (C=O) groups is 1. The van der Waals surface area contributed by atoms with Crippen LogP contribution < -0.4 is 5.73 Å². The minimum Gasteiger partial charge on any atom is -0.339 e. The van der Waals surface area contributed by atoms with Gasteiger partial charge in [0.25, 0.3) is 5.91 Å². The Labute approximate surface area is 126 Å². The van der Waals surface area contributed by atoms with E-state index < -0.39 is 0 Å². The Morgan fingerprint density at radius 3 is 2.67 bits per heavy atom. The summed E-state index contributed by atoms with van der Waals surface area (Å²) in [5.41, 5.74) is 6.32. The molecule has 18 heavy (non-hydrogen) atoms. The fraction of sp³-hybridized carbons (Fsp3) is 0.462. The molecule has 3 nitrogen and oxygen atoms in total. The first-order valence-electron chi connectivity index (χ1n) is 6.06.